The summed E-state index contributed by atoms with van der Waals surface area (Å²) < 4.78 is 43.6. The quantitative estimate of drug-likeness (QED) is 0.522. The van der Waals surface area contributed by atoms with Crippen LogP contribution in [0.15, 0.2) is 54.6 Å². The van der Waals surface area contributed by atoms with Gasteiger partial charge in [0, 0.05) is 18.6 Å². The molecule has 0 saturated heterocycles. The number of carbonyl (C=O) groups is 2. The molecule has 1 heterocycles. The maximum Gasteiger partial charge on any atom is 0.416 e. The van der Waals surface area contributed by atoms with Crippen molar-refractivity contribution in [3.63, 3.8) is 0 Å². The summed E-state index contributed by atoms with van der Waals surface area (Å²) in [4.78, 5) is 31.7. The van der Waals surface area contributed by atoms with Gasteiger partial charge in [0.05, 0.1) is 5.56 Å². The van der Waals surface area contributed by atoms with Crippen molar-refractivity contribution in [1.29, 1.82) is 0 Å². The van der Waals surface area contributed by atoms with Gasteiger partial charge >= 0.3 is 6.18 Å². The lowest BCUT2D eigenvalue weighted by molar-refractivity contribution is -0.137. The molecule has 10 heteroatoms. The van der Waals surface area contributed by atoms with Gasteiger partial charge in [0.2, 0.25) is 5.91 Å². The Labute approximate surface area is 181 Å². The van der Waals surface area contributed by atoms with Crippen molar-refractivity contribution >= 4 is 17.5 Å². The zero-order chi connectivity index (χ0) is 23.5. The van der Waals surface area contributed by atoms with Crippen LogP contribution in [0.2, 0.25) is 0 Å². The van der Waals surface area contributed by atoms with Gasteiger partial charge in [-0.2, -0.15) is 13.2 Å². The molecule has 7 nitrogen and oxygen atoms in total. The van der Waals surface area contributed by atoms with E-state index in [9.17, 15) is 22.8 Å². The second kappa shape index (κ2) is 9.04. The largest absolute Gasteiger partial charge is 0.457 e. The van der Waals surface area contributed by atoms with Crippen molar-refractivity contribution in [2.75, 3.05) is 5.32 Å². The Bertz CT molecular complexity index is 1130. The van der Waals surface area contributed by atoms with Gasteiger partial charge in [-0.15, -0.1) is 0 Å². The molecule has 3 aromatic rings. The number of amides is 1. The maximum atomic E-state index is 12.7. The SMILES string of the molecule is CC(=O)c1cc(N[C@@H](C)C(N)=O)nc(-c2ccc(Oc3ccc(C(F)(F)F)cc3)cc2)n1. The summed E-state index contributed by atoms with van der Waals surface area (Å²) >= 11 is 0. The molecule has 1 amide bonds. The van der Waals surface area contributed by atoms with Gasteiger partial charge in [-0.05, 0) is 55.5 Å². The van der Waals surface area contributed by atoms with Crippen LogP contribution in [0, 0.1) is 0 Å². The molecule has 1 atom stereocenters. The average molecular weight is 444 g/mol. The van der Waals surface area contributed by atoms with Crippen molar-refractivity contribution in [3.8, 4) is 22.9 Å². The number of aromatic nitrogens is 2. The lowest BCUT2D eigenvalue weighted by Gasteiger charge is -2.13. The molecule has 3 N–H and O–H groups in total. The van der Waals surface area contributed by atoms with Crippen molar-refractivity contribution in [1.82, 2.24) is 9.97 Å². The molecule has 0 spiro atoms. The predicted molar refractivity (Wildman–Crippen MR) is 111 cm³/mol. The fraction of sp³-hybridized carbons (Fsp3) is 0.182. The second-order valence-electron chi connectivity index (χ2n) is 6.94. The normalized spacial score (nSPS) is 12.2. The van der Waals surface area contributed by atoms with Crippen LogP contribution in [-0.2, 0) is 11.0 Å². The molecule has 0 aliphatic carbocycles. The highest BCUT2D eigenvalue weighted by Gasteiger charge is 2.30. The van der Waals surface area contributed by atoms with E-state index >= 15 is 0 Å². The number of ether oxygens (including phenoxy) is 1. The molecule has 3 rings (SSSR count). The van der Waals surface area contributed by atoms with E-state index in [1.54, 1.807) is 31.2 Å². The first-order chi connectivity index (χ1) is 15.0. The zero-order valence-electron chi connectivity index (χ0n) is 17.1. The van der Waals surface area contributed by atoms with Crippen LogP contribution in [0.25, 0.3) is 11.4 Å². The first kappa shape index (κ1) is 22.7. The fourth-order valence-electron chi connectivity index (χ4n) is 2.64. The van der Waals surface area contributed by atoms with E-state index < -0.39 is 23.7 Å². The fourth-order valence-corrected chi connectivity index (χ4v) is 2.64. The molecule has 166 valence electrons. The van der Waals surface area contributed by atoms with Gasteiger partial charge in [0.25, 0.3) is 0 Å². The Balaban J connectivity index is 1.82. The number of halogens is 3. The molecule has 0 aliphatic rings. The van der Waals surface area contributed by atoms with E-state index in [-0.39, 0.29) is 28.9 Å². The third kappa shape index (κ3) is 5.60. The average Bonchev–Trinajstić information content (AvgIpc) is 2.73. The number of primary amides is 1. The van der Waals surface area contributed by atoms with E-state index in [0.29, 0.717) is 11.3 Å². The van der Waals surface area contributed by atoms with E-state index in [0.717, 1.165) is 12.1 Å². The summed E-state index contributed by atoms with van der Waals surface area (Å²) in [7, 11) is 0. The lowest BCUT2D eigenvalue weighted by atomic mass is 10.2. The second-order valence-corrected chi connectivity index (χ2v) is 6.94. The monoisotopic (exact) mass is 444 g/mol. The summed E-state index contributed by atoms with van der Waals surface area (Å²) in [5.74, 6) is 0.254. The van der Waals surface area contributed by atoms with Gasteiger partial charge in [0.1, 0.15) is 29.1 Å². The van der Waals surface area contributed by atoms with Crippen molar-refractivity contribution in [2.45, 2.75) is 26.1 Å². The van der Waals surface area contributed by atoms with Crippen LogP contribution in [0.1, 0.15) is 29.9 Å². The van der Waals surface area contributed by atoms with Crippen LogP contribution >= 0.6 is 0 Å². The van der Waals surface area contributed by atoms with Crippen LogP contribution in [0.3, 0.4) is 0 Å². The van der Waals surface area contributed by atoms with Gasteiger partial charge in [-0.3, -0.25) is 9.59 Å². The third-order valence-electron chi connectivity index (χ3n) is 4.41. The number of hydrogen-bond acceptors (Lipinski definition) is 6. The number of Topliss-reactive ketones (excluding diaryl/α,β-unsaturated/α-hetero) is 1. The highest BCUT2D eigenvalue weighted by atomic mass is 19.4. The third-order valence-corrected chi connectivity index (χ3v) is 4.41. The van der Waals surface area contributed by atoms with Crippen molar-refractivity contribution in [3.05, 3.63) is 65.9 Å². The van der Waals surface area contributed by atoms with E-state index in [4.69, 9.17) is 10.5 Å². The molecule has 0 saturated carbocycles. The highest BCUT2D eigenvalue weighted by molar-refractivity contribution is 5.93. The Morgan fingerprint density at radius 3 is 2.06 bits per heavy atom. The molecule has 2 aromatic carbocycles. The van der Waals surface area contributed by atoms with Crippen LogP contribution in [0.4, 0.5) is 19.0 Å². The number of hydrogen-bond donors (Lipinski definition) is 2. The van der Waals surface area contributed by atoms with Gasteiger partial charge in [-0.25, -0.2) is 9.97 Å². The summed E-state index contributed by atoms with van der Waals surface area (Å²) in [6.07, 6.45) is -4.42. The highest BCUT2D eigenvalue weighted by Crippen LogP contribution is 2.31. The number of nitrogens with zero attached hydrogens (tertiary/aromatic N) is 2. The number of alkyl halides is 3. The molecule has 0 unspecified atom stereocenters. The minimum atomic E-state index is -4.42. The Kier molecular flexibility index (Phi) is 6.42. The molecule has 0 radical (unpaired) electrons. The molecular weight excluding hydrogens is 425 g/mol. The first-order valence-electron chi connectivity index (χ1n) is 9.44. The topological polar surface area (TPSA) is 107 Å². The van der Waals surface area contributed by atoms with Gasteiger partial charge in [-0.1, -0.05) is 0 Å². The van der Waals surface area contributed by atoms with Crippen molar-refractivity contribution < 1.29 is 27.5 Å². The summed E-state index contributed by atoms with van der Waals surface area (Å²) in [6, 6.07) is 11.5. The number of anilines is 1. The smallest absolute Gasteiger partial charge is 0.416 e. The van der Waals surface area contributed by atoms with Crippen LogP contribution in [-0.4, -0.2) is 27.7 Å². The first-order valence-corrected chi connectivity index (χ1v) is 9.44. The lowest BCUT2D eigenvalue weighted by Crippen LogP contribution is -2.32. The molecule has 1 aromatic heterocycles. The maximum absolute atomic E-state index is 12.7. The van der Waals surface area contributed by atoms with Crippen molar-refractivity contribution in [2.24, 2.45) is 5.73 Å². The molecule has 0 fully saturated rings. The van der Waals surface area contributed by atoms with E-state index in [2.05, 4.69) is 15.3 Å². The number of carbonyl (C=O) groups excluding carboxylic acids is 2. The van der Waals surface area contributed by atoms with Crippen LogP contribution in [0.5, 0.6) is 11.5 Å². The summed E-state index contributed by atoms with van der Waals surface area (Å²) in [5.41, 5.74) is 5.20. The van der Waals surface area contributed by atoms with E-state index in [1.165, 1.54) is 25.1 Å². The number of rotatable bonds is 7. The van der Waals surface area contributed by atoms with E-state index in [1.807, 2.05) is 0 Å². The summed E-state index contributed by atoms with van der Waals surface area (Å²) in [5, 5.41) is 2.82. The van der Waals surface area contributed by atoms with Crippen LogP contribution < -0.4 is 15.8 Å². The minimum absolute atomic E-state index is 0.152. The zero-order valence-corrected chi connectivity index (χ0v) is 17.1. The molecule has 0 bridgehead atoms. The van der Waals surface area contributed by atoms with Gasteiger partial charge in [0.15, 0.2) is 11.6 Å². The predicted octanol–water partition coefficient (Wildman–Crippen LogP) is 4.44. The molecule has 0 aliphatic heterocycles. The Hall–Kier alpha value is -3.95. The number of nitrogens with one attached hydrogen (secondary N) is 1. The molecule has 32 heavy (non-hydrogen) atoms. The minimum Gasteiger partial charge on any atom is -0.457 e. The Morgan fingerprint density at radius 1 is 1.00 bits per heavy atom. The number of nitrogens with two attached hydrogens (primary N) is 1. The molecular formula is C22H19F3N4O3. The summed E-state index contributed by atoms with van der Waals surface area (Å²) in [6.45, 7) is 2.92. The Morgan fingerprint density at radius 2 is 1.56 bits per heavy atom. The van der Waals surface area contributed by atoms with Gasteiger partial charge < -0.3 is 15.8 Å². The number of ketones is 1. The number of benzene rings is 2. The standard InChI is InChI=1S/C22H19F3N4O3/c1-12(20(26)31)27-19-11-18(13(2)30)28-21(29-19)14-3-7-16(8-4-14)32-17-9-5-15(6-10-17)22(23,24)25/h3-12H,1-2H3,(H2,26,31)(H,27,28,29)/t12-/m0/s1.